The van der Waals surface area contributed by atoms with Crippen molar-refractivity contribution in [3.63, 3.8) is 0 Å². The van der Waals surface area contributed by atoms with Gasteiger partial charge in [0.15, 0.2) is 0 Å². The number of nitrogens with one attached hydrogen (secondary N) is 2. The molecule has 0 aliphatic carbocycles. The molecule has 0 saturated heterocycles. The molecule has 3 aromatic rings. The zero-order chi connectivity index (χ0) is 20.1. The van der Waals surface area contributed by atoms with E-state index in [1.807, 2.05) is 12.1 Å². The van der Waals surface area contributed by atoms with Crippen LogP contribution in [-0.2, 0) is 16.1 Å². The summed E-state index contributed by atoms with van der Waals surface area (Å²) in [6.45, 7) is -0.0547. The van der Waals surface area contributed by atoms with Crippen LogP contribution in [0.2, 0.25) is 5.02 Å². The van der Waals surface area contributed by atoms with Gasteiger partial charge in [0.2, 0.25) is 11.8 Å². The smallest absolute Gasteiger partial charge is 0.258 e. The molecule has 0 aliphatic heterocycles. The third-order valence-electron chi connectivity index (χ3n) is 4.08. The van der Waals surface area contributed by atoms with Crippen LogP contribution < -0.4 is 16.2 Å². The molecule has 8 heteroatoms. The number of halogens is 2. The van der Waals surface area contributed by atoms with Gasteiger partial charge in [-0.05, 0) is 35.7 Å². The lowest BCUT2D eigenvalue weighted by Crippen LogP contribution is -2.33. The van der Waals surface area contributed by atoms with Crippen LogP contribution in [-0.4, -0.2) is 22.9 Å². The number of amides is 2. The van der Waals surface area contributed by atoms with Crippen molar-refractivity contribution < 1.29 is 14.0 Å². The highest BCUT2D eigenvalue weighted by atomic mass is 35.5. The molecule has 0 aliphatic rings. The highest BCUT2D eigenvalue weighted by Crippen LogP contribution is 2.22. The predicted molar refractivity (Wildman–Crippen MR) is 106 cm³/mol. The molecule has 28 heavy (non-hydrogen) atoms. The summed E-state index contributed by atoms with van der Waals surface area (Å²) in [6, 6.07) is 12.5. The standard InChI is InChI=1S/C20H17ClFN3O3/c21-16-11-14(22)5-6-17(16)24-18(26)7-9-23-19(27)12-25-10-8-13-3-1-2-4-15(13)20(25)28/h1-6,8,10-11H,7,9,12H2,(H,23,27)(H,24,26). The van der Waals surface area contributed by atoms with Gasteiger partial charge >= 0.3 is 0 Å². The third kappa shape index (κ3) is 4.75. The molecular weight excluding hydrogens is 385 g/mol. The number of carbonyl (C=O) groups is 2. The molecule has 3 rings (SSSR count). The molecule has 0 saturated carbocycles. The quantitative estimate of drug-likeness (QED) is 0.666. The van der Waals surface area contributed by atoms with Crippen molar-refractivity contribution in [3.05, 3.63) is 75.9 Å². The molecular formula is C20H17ClFN3O3. The molecule has 2 N–H and O–H groups in total. The van der Waals surface area contributed by atoms with Crippen LogP contribution in [0.1, 0.15) is 6.42 Å². The Bertz CT molecular complexity index is 1100. The summed E-state index contributed by atoms with van der Waals surface area (Å²) in [5, 5.41) is 6.57. The first-order valence-electron chi connectivity index (χ1n) is 8.54. The summed E-state index contributed by atoms with van der Waals surface area (Å²) < 4.78 is 14.3. The van der Waals surface area contributed by atoms with Gasteiger partial charge in [-0.3, -0.25) is 14.4 Å². The number of hydrogen-bond acceptors (Lipinski definition) is 3. The molecule has 0 spiro atoms. The van der Waals surface area contributed by atoms with Gasteiger partial charge in [0.1, 0.15) is 12.4 Å². The summed E-state index contributed by atoms with van der Waals surface area (Å²) in [4.78, 5) is 36.4. The van der Waals surface area contributed by atoms with E-state index in [2.05, 4.69) is 10.6 Å². The Labute approximate surface area is 164 Å². The summed E-state index contributed by atoms with van der Waals surface area (Å²) >= 11 is 5.85. The molecule has 0 unspecified atom stereocenters. The molecule has 2 amide bonds. The molecule has 6 nitrogen and oxygen atoms in total. The van der Waals surface area contributed by atoms with Crippen LogP contribution in [0.15, 0.2) is 59.5 Å². The van der Waals surface area contributed by atoms with E-state index in [0.29, 0.717) is 11.1 Å². The minimum atomic E-state index is -0.501. The van der Waals surface area contributed by atoms with Crippen LogP contribution in [0.4, 0.5) is 10.1 Å². The van der Waals surface area contributed by atoms with Crippen LogP contribution in [0.3, 0.4) is 0 Å². The Balaban J connectivity index is 1.51. The number of hydrogen-bond donors (Lipinski definition) is 2. The number of fused-ring (bicyclic) bond motifs is 1. The van der Waals surface area contributed by atoms with Crippen LogP contribution >= 0.6 is 11.6 Å². The summed E-state index contributed by atoms with van der Waals surface area (Å²) in [5.41, 5.74) is 0.0408. The minimum Gasteiger partial charge on any atom is -0.354 e. The fraction of sp³-hybridized carbons (Fsp3) is 0.150. The lowest BCUT2D eigenvalue weighted by molar-refractivity contribution is -0.121. The van der Waals surface area contributed by atoms with Gasteiger partial charge in [-0.25, -0.2) is 4.39 Å². The molecule has 144 valence electrons. The van der Waals surface area contributed by atoms with E-state index in [1.165, 1.54) is 16.7 Å². The maximum absolute atomic E-state index is 13.0. The molecule has 0 fully saturated rings. The van der Waals surface area contributed by atoms with Crippen molar-refractivity contribution in [3.8, 4) is 0 Å². The summed E-state index contributed by atoms with van der Waals surface area (Å²) in [7, 11) is 0. The molecule has 0 radical (unpaired) electrons. The number of benzene rings is 2. The van der Waals surface area contributed by atoms with Gasteiger partial charge in [-0.1, -0.05) is 29.8 Å². The molecule has 1 aromatic heterocycles. The topological polar surface area (TPSA) is 80.2 Å². The third-order valence-corrected chi connectivity index (χ3v) is 4.39. The largest absolute Gasteiger partial charge is 0.354 e. The number of rotatable bonds is 6. The Morgan fingerprint density at radius 1 is 1.07 bits per heavy atom. The zero-order valence-corrected chi connectivity index (χ0v) is 15.5. The monoisotopic (exact) mass is 401 g/mol. The molecule has 1 heterocycles. The Kier molecular flexibility index (Phi) is 6.06. The second kappa shape index (κ2) is 8.67. The van der Waals surface area contributed by atoms with Crippen molar-refractivity contribution in [1.29, 1.82) is 0 Å². The predicted octanol–water partition coefficient (Wildman–Crippen LogP) is 2.94. The van der Waals surface area contributed by atoms with Crippen LogP contribution in [0, 0.1) is 5.82 Å². The van der Waals surface area contributed by atoms with Crippen LogP contribution in [0.25, 0.3) is 10.8 Å². The van der Waals surface area contributed by atoms with Crippen molar-refractivity contribution in [1.82, 2.24) is 9.88 Å². The zero-order valence-electron chi connectivity index (χ0n) is 14.7. The van der Waals surface area contributed by atoms with Gasteiger partial charge in [-0.15, -0.1) is 0 Å². The first-order valence-corrected chi connectivity index (χ1v) is 8.91. The van der Waals surface area contributed by atoms with Gasteiger partial charge in [0.05, 0.1) is 10.7 Å². The second-order valence-corrected chi connectivity index (χ2v) is 6.52. The van der Waals surface area contributed by atoms with E-state index >= 15 is 0 Å². The minimum absolute atomic E-state index is 0.00602. The van der Waals surface area contributed by atoms with E-state index in [9.17, 15) is 18.8 Å². The number of aromatic nitrogens is 1. The van der Waals surface area contributed by atoms with Gasteiger partial charge in [0.25, 0.3) is 5.56 Å². The summed E-state index contributed by atoms with van der Waals surface area (Å²) in [6.07, 6.45) is 1.57. The van der Waals surface area contributed by atoms with E-state index in [4.69, 9.17) is 11.6 Å². The average Bonchev–Trinajstić information content (AvgIpc) is 2.66. The molecule has 0 atom stereocenters. The Morgan fingerprint density at radius 2 is 1.86 bits per heavy atom. The maximum Gasteiger partial charge on any atom is 0.258 e. The van der Waals surface area contributed by atoms with Crippen molar-refractivity contribution >= 4 is 39.9 Å². The fourth-order valence-electron chi connectivity index (χ4n) is 2.68. The number of pyridine rings is 1. The van der Waals surface area contributed by atoms with E-state index in [-0.39, 0.29) is 41.9 Å². The van der Waals surface area contributed by atoms with Crippen molar-refractivity contribution in [2.24, 2.45) is 0 Å². The van der Waals surface area contributed by atoms with Gasteiger partial charge < -0.3 is 15.2 Å². The molecule has 0 bridgehead atoms. The average molecular weight is 402 g/mol. The van der Waals surface area contributed by atoms with Crippen LogP contribution in [0.5, 0.6) is 0 Å². The Hall–Kier alpha value is -3.19. The first kappa shape index (κ1) is 19.6. The van der Waals surface area contributed by atoms with Gasteiger partial charge in [0, 0.05) is 24.5 Å². The number of nitrogens with zero attached hydrogens (tertiary/aromatic N) is 1. The van der Waals surface area contributed by atoms with Crippen molar-refractivity contribution in [2.45, 2.75) is 13.0 Å². The Morgan fingerprint density at radius 3 is 2.64 bits per heavy atom. The lowest BCUT2D eigenvalue weighted by atomic mass is 10.2. The number of carbonyl (C=O) groups excluding carboxylic acids is 2. The normalized spacial score (nSPS) is 10.6. The van der Waals surface area contributed by atoms with Gasteiger partial charge in [-0.2, -0.15) is 0 Å². The van der Waals surface area contributed by atoms with Crippen molar-refractivity contribution in [2.75, 3.05) is 11.9 Å². The molecule has 2 aromatic carbocycles. The van der Waals surface area contributed by atoms with E-state index in [0.717, 1.165) is 11.5 Å². The lowest BCUT2D eigenvalue weighted by Gasteiger charge is -2.09. The maximum atomic E-state index is 13.0. The SMILES string of the molecule is O=C(Cn1ccc2ccccc2c1=O)NCCC(=O)Nc1ccc(F)cc1Cl. The number of anilines is 1. The highest BCUT2D eigenvalue weighted by Gasteiger charge is 2.09. The van der Waals surface area contributed by atoms with E-state index in [1.54, 1.807) is 24.4 Å². The summed E-state index contributed by atoms with van der Waals surface area (Å²) in [5.74, 6) is -1.26. The second-order valence-electron chi connectivity index (χ2n) is 6.11. The van der Waals surface area contributed by atoms with E-state index < -0.39 is 5.82 Å². The first-order chi connectivity index (χ1) is 13.4. The fourth-order valence-corrected chi connectivity index (χ4v) is 2.90. The highest BCUT2D eigenvalue weighted by molar-refractivity contribution is 6.33.